The third-order valence-electron chi connectivity index (χ3n) is 7.73. The van der Waals surface area contributed by atoms with Crippen molar-refractivity contribution in [2.24, 2.45) is 17.6 Å². The summed E-state index contributed by atoms with van der Waals surface area (Å²) in [4.78, 5) is 15.3. The van der Waals surface area contributed by atoms with Crippen molar-refractivity contribution in [2.45, 2.75) is 55.7 Å². The average molecular weight is 336 g/mol. The number of para-hydroxylation sites is 1. The van der Waals surface area contributed by atoms with Gasteiger partial charge in [0.1, 0.15) is 0 Å². The van der Waals surface area contributed by atoms with Crippen LogP contribution in [0.25, 0.3) is 0 Å². The van der Waals surface area contributed by atoms with Gasteiger partial charge in [-0.15, -0.1) is 0 Å². The molecule has 3 aliphatic heterocycles. The van der Waals surface area contributed by atoms with Gasteiger partial charge in [0.25, 0.3) is 0 Å². The first-order chi connectivity index (χ1) is 12.2. The molecular formula is C21H24N2O2. The third-order valence-corrected chi connectivity index (χ3v) is 7.73. The van der Waals surface area contributed by atoms with Crippen LogP contribution in [0.4, 0.5) is 5.69 Å². The van der Waals surface area contributed by atoms with Gasteiger partial charge in [-0.05, 0) is 43.2 Å². The van der Waals surface area contributed by atoms with Crippen molar-refractivity contribution in [3.63, 3.8) is 0 Å². The first-order valence-electron chi connectivity index (χ1n) is 9.69. The molecule has 6 atom stereocenters. The Morgan fingerprint density at radius 2 is 2.16 bits per heavy atom. The van der Waals surface area contributed by atoms with Crippen molar-refractivity contribution >= 4 is 11.6 Å². The van der Waals surface area contributed by atoms with E-state index >= 15 is 0 Å². The minimum atomic E-state index is -0.0919. The van der Waals surface area contributed by atoms with E-state index in [0.29, 0.717) is 24.9 Å². The van der Waals surface area contributed by atoms with Crippen molar-refractivity contribution < 1.29 is 9.53 Å². The predicted octanol–water partition coefficient (Wildman–Crippen LogP) is 2.52. The smallest absolute Gasteiger partial charge is 0.229 e. The summed E-state index contributed by atoms with van der Waals surface area (Å²) in [5.41, 5.74) is 10.8. The highest BCUT2D eigenvalue weighted by atomic mass is 16.5. The second-order valence-corrected chi connectivity index (χ2v) is 8.50. The summed E-state index contributed by atoms with van der Waals surface area (Å²) in [7, 11) is 0. The van der Waals surface area contributed by atoms with Crippen LogP contribution in [0.3, 0.4) is 0 Å². The number of anilines is 1. The molecule has 0 aromatic heterocycles. The Morgan fingerprint density at radius 1 is 1.28 bits per heavy atom. The molecule has 2 saturated carbocycles. The van der Waals surface area contributed by atoms with Gasteiger partial charge in [-0.25, -0.2) is 0 Å². The molecule has 3 heterocycles. The van der Waals surface area contributed by atoms with E-state index in [2.05, 4.69) is 35.2 Å². The summed E-state index contributed by atoms with van der Waals surface area (Å²) >= 11 is 0. The van der Waals surface area contributed by atoms with Crippen molar-refractivity contribution in [3.8, 4) is 0 Å². The van der Waals surface area contributed by atoms with Crippen LogP contribution in [-0.2, 0) is 14.9 Å². The summed E-state index contributed by atoms with van der Waals surface area (Å²) in [5, 5.41) is 0. The normalized spacial score (nSPS) is 43.9. The number of carbonyl (C=O) groups excluding carboxylic acids is 1. The van der Waals surface area contributed by atoms with E-state index in [0.717, 1.165) is 31.4 Å². The Balaban J connectivity index is 1.66. The van der Waals surface area contributed by atoms with Crippen molar-refractivity contribution in [1.29, 1.82) is 0 Å². The van der Waals surface area contributed by atoms with Crippen molar-refractivity contribution in [2.75, 3.05) is 11.5 Å². The lowest BCUT2D eigenvalue weighted by Gasteiger charge is -2.58. The van der Waals surface area contributed by atoms with Gasteiger partial charge in [0.05, 0.1) is 25.2 Å². The lowest BCUT2D eigenvalue weighted by atomic mass is 9.51. The number of amides is 1. The Bertz CT molecular complexity index is 803. The number of benzene rings is 1. The van der Waals surface area contributed by atoms with Crippen LogP contribution in [0, 0.1) is 11.8 Å². The van der Waals surface area contributed by atoms with Gasteiger partial charge in [0.2, 0.25) is 5.91 Å². The fourth-order valence-electron chi connectivity index (χ4n) is 6.91. The molecule has 0 spiro atoms. The van der Waals surface area contributed by atoms with Crippen LogP contribution in [-0.4, -0.2) is 30.7 Å². The molecule has 25 heavy (non-hydrogen) atoms. The van der Waals surface area contributed by atoms with Crippen LogP contribution in [0.1, 0.15) is 37.7 Å². The number of nitrogens with zero attached hydrogens (tertiary/aromatic N) is 1. The monoisotopic (exact) mass is 336 g/mol. The third kappa shape index (κ3) is 1.59. The van der Waals surface area contributed by atoms with E-state index < -0.39 is 0 Å². The molecule has 3 fully saturated rings. The van der Waals surface area contributed by atoms with E-state index in [1.165, 1.54) is 5.56 Å². The van der Waals surface area contributed by atoms with Crippen LogP contribution in [0.15, 0.2) is 35.9 Å². The Morgan fingerprint density at radius 3 is 3.08 bits per heavy atom. The van der Waals surface area contributed by atoms with Gasteiger partial charge in [-0.3, -0.25) is 4.79 Å². The highest BCUT2D eigenvalue weighted by Crippen LogP contribution is 2.62. The highest BCUT2D eigenvalue weighted by Gasteiger charge is 2.66. The van der Waals surface area contributed by atoms with Crippen molar-refractivity contribution in [1.82, 2.24) is 0 Å². The fraction of sp³-hybridized carbons (Fsp3) is 0.571. The SMILES string of the molecule is NC1CC2C3=CCOC4CC(=O)N5c6ccccc6C1(CCC3)C5C42. The lowest BCUT2D eigenvalue weighted by molar-refractivity contribution is -0.131. The van der Waals surface area contributed by atoms with Crippen LogP contribution in [0.2, 0.25) is 0 Å². The average Bonchev–Trinajstić information content (AvgIpc) is 2.79. The number of hydrogen-bond acceptors (Lipinski definition) is 3. The predicted molar refractivity (Wildman–Crippen MR) is 95.3 cm³/mol. The minimum Gasteiger partial charge on any atom is -0.373 e. The van der Waals surface area contributed by atoms with E-state index in [-0.39, 0.29) is 29.5 Å². The van der Waals surface area contributed by atoms with Crippen LogP contribution in [0.5, 0.6) is 0 Å². The topological polar surface area (TPSA) is 55.6 Å². The Hall–Kier alpha value is -1.65. The largest absolute Gasteiger partial charge is 0.373 e. The molecule has 2 N–H and O–H groups in total. The maximum atomic E-state index is 13.1. The molecule has 2 aliphatic carbocycles. The minimum absolute atomic E-state index is 0.0480. The molecule has 1 aromatic rings. The van der Waals surface area contributed by atoms with Gasteiger partial charge in [0.15, 0.2) is 0 Å². The maximum Gasteiger partial charge on any atom is 0.229 e. The molecule has 4 bridgehead atoms. The zero-order valence-electron chi connectivity index (χ0n) is 14.4. The van der Waals surface area contributed by atoms with E-state index in [1.807, 2.05) is 0 Å². The fourth-order valence-corrected chi connectivity index (χ4v) is 6.91. The molecule has 0 radical (unpaired) electrons. The first-order valence-corrected chi connectivity index (χ1v) is 9.69. The first kappa shape index (κ1) is 14.5. The molecule has 1 amide bonds. The van der Waals surface area contributed by atoms with Gasteiger partial charge < -0.3 is 15.4 Å². The zero-order chi connectivity index (χ0) is 16.8. The molecule has 6 unspecified atom stereocenters. The van der Waals surface area contributed by atoms with Gasteiger partial charge in [-0.1, -0.05) is 29.8 Å². The molecular weight excluding hydrogens is 312 g/mol. The van der Waals surface area contributed by atoms with E-state index in [9.17, 15) is 4.79 Å². The molecule has 4 heteroatoms. The second kappa shape index (κ2) is 4.74. The number of carbonyl (C=O) groups is 1. The highest BCUT2D eigenvalue weighted by molar-refractivity contribution is 5.99. The lowest BCUT2D eigenvalue weighted by Crippen LogP contribution is -2.69. The van der Waals surface area contributed by atoms with Crippen molar-refractivity contribution in [3.05, 3.63) is 41.5 Å². The number of piperidine rings is 1. The van der Waals surface area contributed by atoms with Crippen LogP contribution < -0.4 is 10.6 Å². The molecule has 1 aromatic carbocycles. The number of rotatable bonds is 0. The summed E-state index contributed by atoms with van der Waals surface area (Å²) in [6, 6.07) is 8.81. The summed E-state index contributed by atoms with van der Waals surface area (Å²) in [6.45, 7) is 0.655. The summed E-state index contributed by atoms with van der Waals surface area (Å²) in [5.74, 6) is 1.09. The molecule has 4 nitrogen and oxygen atoms in total. The standard InChI is InChI=1S/C21H24N2O2/c22-17-10-13-12-4-3-8-21(17)14-5-1-2-6-15(14)23-18(24)11-16(25-9-7-12)19(13)20(21)23/h1-2,5-7,13,16-17,19-20H,3-4,8-11,22H2. The van der Waals surface area contributed by atoms with Gasteiger partial charge >= 0.3 is 0 Å². The maximum absolute atomic E-state index is 13.1. The quantitative estimate of drug-likeness (QED) is 0.741. The Labute approximate surface area is 148 Å². The second-order valence-electron chi connectivity index (χ2n) is 8.50. The number of nitrogens with two attached hydrogens (primary N) is 1. The molecule has 5 aliphatic rings. The summed E-state index contributed by atoms with van der Waals surface area (Å²) in [6.07, 6.45) is 7.28. The molecule has 6 rings (SSSR count). The van der Waals surface area contributed by atoms with E-state index in [1.54, 1.807) is 5.57 Å². The number of hydrogen-bond donors (Lipinski definition) is 1. The summed E-state index contributed by atoms with van der Waals surface area (Å²) < 4.78 is 6.21. The van der Waals surface area contributed by atoms with Gasteiger partial charge in [-0.2, -0.15) is 0 Å². The zero-order valence-corrected chi connectivity index (χ0v) is 14.4. The van der Waals surface area contributed by atoms with Crippen LogP contribution >= 0.6 is 0 Å². The number of fused-ring (bicyclic) bond motifs is 2. The Kier molecular flexibility index (Phi) is 2.75. The molecule has 1 saturated heterocycles. The number of ether oxygens (including phenoxy) is 1. The van der Waals surface area contributed by atoms with E-state index in [4.69, 9.17) is 10.5 Å². The number of allylic oxidation sites excluding steroid dienone is 1. The van der Waals surface area contributed by atoms with Gasteiger partial charge in [0, 0.05) is 23.1 Å². The molecule has 130 valence electrons.